The molecule has 0 saturated heterocycles. The van der Waals surface area contributed by atoms with Crippen molar-refractivity contribution in [3.63, 3.8) is 0 Å². The predicted molar refractivity (Wildman–Crippen MR) is 44.9 cm³/mol. The Morgan fingerprint density at radius 3 is 2.82 bits per heavy atom. The lowest BCUT2D eigenvalue weighted by Gasteiger charge is -1.96. The maximum absolute atomic E-state index is 11.5. The van der Waals surface area contributed by atoms with Gasteiger partial charge in [0, 0.05) is 28.4 Å². The van der Waals surface area contributed by atoms with E-state index < -0.39 is 0 Å². The van der Waals surface area contributed by atoms with E-state index in [4.69, 9.17) is 0 Å². The fourth-order valence-electron chi connectivity index (χ4n) is 0.509. The number of carbonyl (C=O) groups is 1. The summed E-state index contributed by atoms with van der Waals surface area (Å²) >= 11 is 2.79. The van der Waals surface area contributed by atoms with Gasteiger partial charge in [0.1, 0.15) is 0 Å². The highest BCUT2D eigenvalue weighted by molar-refractivity contribution is 9.12. The molecule has 4 heteroatoms. The van der Waals surface area contributed by atoms with E-state index in [0.717, 1.165) is 0 Å². The monoisotopic (exact) mass is 221 g/mol. The Hall–Kier alpha value is -0.560. The molecule has 1 amide bonds. The number of hydrogen-bond donors (Lipinski definition) is 1. The lowest BCUT2D eigenvalue weighted by molar-refractivity contribution is -0.115. The lowest BCUT2D eigenvalue weighted by Crippen LogP contribution is -2.22. The summed E-state index contributed by atoms with van der Waals surface area (Å²) in [4.78, 5) is 12.9. The minimum absolute atomic E-state index is 0.333. The van der Waals surface area contributed by atoms with Gasteiger partial charge in [0.2, 0.25) is 0 Å². The molecule has 0 rings (SSSR count). The molecule has 0 saturated carbocycles. The van der Waals surface area contributed by atoms with Crippen LogP contribution < -0.4 is 5.32 Å². The topological polar surface area (TPSA) is 29.1 Å². The van der Waals surface area contributed by atoms with Crippen molar-refractivity contribution in [1.29, 1.82) is 0 Å². The summed E-state index contributed by atoms with van der Waals surface area (Å²) in [5, 5.41) is 2.51. The van der Waals surface area contributed by atoms with Gasteiger partial charge in [-0.3, -0.25) is 9.18 Å². The summed E-state index contributed by atoms with van der Waals surface area (Å²) in [6, 6.07) is 0. The maximum atomic E-state index is 11.5. The SMILES string of the molecule is O=C(C#CBr)NCCCCF. The van der Waals surface area contributed by atoms with Crippen LogP contribution >= 0.6 is 15.9 Å². The van der Waals surface area contributed by atoms with Crippen LogP contribution in [0.4, 0.5) is 4.39 Å². The lowest BCUT2D eigenvalue weighted by atomic mass is 10.3. The first-order chi connectivity index (χ1) is 5.31. The molecular formula is C7H9BrFNO. The summed E-state index contributed by atoms with van der Waals surface area (Å²) in [5.74, 6) is 1.91. The Morgan fingerprint density at radius 1 is 1.55 bits per heavy atom. The van der Waals surface area contributed by atoms with Crippen molar-refractivity contribution in [2.45, 2.75) is 12.8 Å². The molecule has 0 aromatic rings. The van der Waals surface area contributed by atoms with Crippen LogP contribution in [0.3, 0.4) is 0 Å². The number of nitrogens with one attached hydrogen (secondary N) is 1. The van der Waals surface area contributed by atoms with E-state index in [1.807, 2.05) is 0 Å². The third-order valence-electron chi connectivity index (χ3n) is 1.01. The first-order valence-corrected chi connectivity index (χ1v) is 4.06. The largest absolute Gasteiger partial charge is 0.345 e. The summed E-state index contributed by atoms with van der Waals surface area (Å²) < 4.78 is 11.5. The summed E-state index contributed by atoms with van der Waals surface area (Å²) in [6.07, 6.45) is 1.15. The number of amides is 1. The van der Waals surface area contributed by atoms with Crippen LogP contribution in [0.25, 0.3) is 0 Å². The molecule has 0 bridgehead atoms. The van der Waals surface area contributed by atoms with E-state index in [1.165, 1.54) is 0 Å². The molecule has 0 atom stereocenters. The van der Waals surface area contributed by atoms with Crippen LogP contribution in [0, 0.1) is 10.8 Å². The zero-order valence-electron chi connectivity index (χ0n) is 5.99. The molecule has 0 aliphatic rings. The Morgan fingerprint density at radius 2 is 2.27 bits per heavy atom. The standard InChI is InChI=1S/C7H9BrFNO/c8-4-3-7(11)10-6-2-1-5-9/h1-2,5-6H2,(H,10,11). The van der Waals surface area contributed by atoms with Crippen LogP contribution in [-0.4, -0.2) is 19.1 Å². The van der Waals surface area contributed by atoms with Crippen LogP contribution in [0.2, 0.25) is 0 Å². The quantitative estimate of drug-likeness (QED) is 0.562. The van der Waals surface area contributed by atoms with Gasteiger partial charge in [0.15, 0.2) is 0 Å². The number of halogens is 2. The number of unbranched alkanes of at least 4 members (excludes halogenated alkanes) is 1. The highest BCUT2D eigenvalue weighted by Crippen LogP contribution is 1.86. The Bertz CT molecular complexity index is 173. The number of hydrogen-bond acceptors (Lipinski definition) is 1. The molecule has 2 nitrogen and oxygen atoms in total. The van der Waals surface area contributed by atoms with E-state index in [1.54, 1.807) is 0 Å². The molecule has 0 spiro atoms. The fraction of sp³-hybridized carbons (Fsp3) is 0.571. The van der Waals surface area contributed by atoms with E-state index in [0.29, 0.717) is 19.4 Å². The molecule has 11 heavy (non-hydrogen) atoms. The highest BCUT2D eigenvalue weighted by atomic mass is 79.9. The van der Waals surface area contributed by atoms with Crippen molar-refractivity contribution >= 4 is 21.8 Å². The average Bonchev–Trinajstić information content (AvgIpc) is 1.99. The van der Waals surface area contributed by atoms with Gasteiger partial charge in [-0.2, -0.15) is 0 Å². The molecule has 0 aliphatic heterocycles. The zero-order valence-corrected chi connectivity index (χ0v) is 7.58. The molecular weight excluding hydrogens is 213 g/mol. The molecule has 62 valence electrons. The summed E-state index contributed by atoms with van der Waals surface area (Å²) in [6.45, 7) is 0.157. The van der Waals surface area contributed by atoms with Crippen molar-refractivity contribution in [2.75, 3.05) is 13.2 Å². The molecule has 0 unspecified atom stereocenters. The van der Waals surface area contributed by atoms with Crippen LogP contribution in [-0.2, 0) is 4.79 Å². The molecule has 1 N–H and O–H groups in total. The van der Waals surface area contributed by atoms with Crippen LogP contribution in [0.5, 0.6) is 0 Å². The van der Waals surface area contributed by atoms with E-state index >= 15 is 0 Å². The van der Waals surface area contributed by atoms with E-state index in [2.05, 4.69) is 32.0 Å². The van der Waals surface area contributed by atoms with Crippen molar-refractivity contribution in [1.82, 2.24) is 5.32 Å². The van der Waals surface area contributed by atoms with E-state index in [-0.39, 0.29) is 12.6 Å². The van der Waals surface area contributed by atoms with Gasteiger partial charge in [-0.15, -0.1) is 0 Å². The fourth-order valence-corrected chi connectivity index (χ4v) is 0.689. The third-order valence-corrected chi connectivity index (χ3v) is 1.20. The predicted octanol–water partition coefficient (Wildman–Crippen LogP) is 1.21. The van der Waals surface area contributed by atoms with Crippen molar-refractivity contribution in [3.8, 4) is 10.8 Å². The smallest absolute Gasteiger partial charge is 0.296 e. The highest BCUT2D eigenvalue weighted by Gasteiger charge is 1.92. The summed E-state index contributed by atoms with van der Waals surface area (Å²) in [5.41, 5.74) is 0. The van der Waals surface area contributed by atoms with Gasteiger partial charge < -0.3 is 5.32 Å². The third kappa shape index (κ3) is 7.34. The molecule has 0 heterocycles. The Kier molecular flexibility index (Phi) is 7.16. The second-order valence-electron chi connectivity index (χ2n) is 1.87. The average molecular weight is 222 g/mol. The van der Waals surface area contributed by atoms with Gasteiger partial charge in [-0.05, 0) is 17.7 Å². The Balaban J connectivity index is 3.22. The first-order valence-electron chi connectivity index (χ1n) is 3.26. The molecule has 0 radical (unpaired) electrons. The molecule has 0 aliphatic carbocycles. The minimum Gasteiger partial charge on any atom is -0.345 e. The molecule has 0 aromatic heterocycles. The summed E-state index contributed by atoms with van der Waals surface area (Å²) in [7, 11) is 0. The van der Waals surface area contributed by atoms with Gasteiger partial charge in [0.05, 0.1) is 6.67 Å². The van der Waals surface area contributed by atoms with Crippen LogP contribution in [0.15, 0.2) is 0 Å². The van der Waals surface area contributed by atoms with Gasteiger partial charge in [0.25, 0.3) is 5.91 Å². The van der Waals surface area contributed by atoms with E-state index in [9.17, 15) is 9.18 Å². The van der Waals surface area contributed by atoms with Crippen molar-refractivity contribution in [2.24, 2.45) is 0 Å². The second kappa shape index (κ2) is 7.55. The van der Waals surface area contributed by atoms with Crippen LogP contribution in [0.1, 0.15) is 12.8 Å². The molecule has 0 fully saturated rings. The number of alkyl halides is 1. The van der Waals surface area contributed by atoms with Gasteiger partial charge >= 0.3 is 0 Å². The maximum Gasteiger partial charge on any atom is 0.296 e. The molecule has 0 aromatic carbocycles. The van der Waals surface area contributed by atoms with Gasteiger partial charge in [-0.1, -0.05) is 0 Å². The minimum atomic E-state index is -0.333. The van der Waals surface area contributed by atoms with Crippen molar-refractivity contribution < 1.29 is 9.18 Å². The van der Waals surface area contributed by atoms with Crippen molar-refractivity contribution in [3.05, 3.63) is 0 Å². The zero-order chi connectivity index (χ0) is 8.53. The Labute approximate surface area is 73.7 Å². The normalized spacial score (nSPS) is 8.18. The second-order valence-corrected chi connectivity index (χ2v) is 2.27. The van der Waals surface area contributed by atoms with Gasteiger partial charge in [-0.25, -0.2) is 0 Å². The number of carbonyl (C=O) groups excluding carboxylic acids is 1. The number of rotatable bonds is 4. The first kappa shape index (κ1) is 10.4.